The zero-order chi connectivity index (χ0) is 79.9. The third kappa shape index (κ3) is 41.3. The molecule has 4 aromatic heterocycles. The Morgan fingerprint density at radius 1 is 0.195 bits per heavy atom. The van der Waals surface area contributed by atoms with Crippen LogP contribution in [-0.2, 0) is 0 Å². The number of benzene rings is 2. The number of ether oxygens (including phenoxy) is 2. The molecule has 0 spiro atoms. The van der Waals surface area contributed by atoms with Crippen LogP contribution in [-0.4, -0.2) is 119 Å². The first kappa shape index (κ1) is 93.9. The number of unbranched alkanes of at least 4 members (excludes halogenated alkanes) is 40. The van der Waals surface area contributed by atoms with Gasteiger partial charge in [-0.05, 0) is 99.9 Å². The van der Waals surface area contributed by atoms with Gasteiger partial charge in [-0.25, -0.2) is 9.80 Å². The van der Waals surface area contributed by atoms with Crippen LogP contribution in [0.4, 0.5) is 82.8 Å². The minimum Gasteiger partial charge on any atom is -0.458 e. The van der Waals surface area contributed by atoms with E-state index in [9.17, 15) is 0 Å². The lowest BCUT2D eigenvalue weighted by molar-refractivity contribution is 0.120. The smallest absolute Gasteiger partial charge is 0.243 e. The van der Waals surface area contributed by atoms with Crippen LogP contribution in [0, 0.1) is 0 Å². The van der Waals surface area contributed by atoms with Gasteiger partial charge in [-0.3, -0.25) is 0 Å². The van der Waals surface area contributed by atoms with Crippen molar-refractivity contribution in [1.82, 2.24) is 59.8 Å². The average Bonchev–Trinajstić information content (AvgIpc) is 0.794. The molecule has 0 aliphatic heterocycles. The SMILES string of the molecule is CCCCCCCCNc1nc(NCCCCCCCC)nc(N(c2ccc(OCOc3ccc(N(c4nc(NCCCCCCCC)nc(NCCCCCCCC)n4)c4nc(NCCCCCCCC)nc(NCCCCCCCC)n4)cc3)cc2)c2nc(NCCCCCCCC)nc(NCCCCCCCC)n2)n1. The van der Waals surface area contributed by atoms with Gasteiger partial charge in [0.1, 0.15) is 11.5 Å². The molecular formula is C89H154N22O2. The van der Waals surface area contributed by atoms with Gasteiger partial charge < -0.3 is 52.0 Å². The van der Waals surface area contributed by atoms with Gasteiger partial charge in [0, 0.05) is 52.4 Å². The van der Waals surface area contributed by atoms with Gasteiger partial charge in [0.05, 0.1) is 11.4 Å². The van der Waals surface area contributed by atoms with Gasteiger partial charge in [0.15, 0.2) is 0 Å². The molecule has 632 valence electrons. The van der Waals surface area contributed by atoms with E-state index in [4.69, 9.17) is 69.3 Å². The number of aromatic nitrogens is 12. The van der Waals surface area contributed by atoms with Crippen molar-refractivity contribution in [2.45, 2.75) is 364 Å². The van der Waals surface area contributed by atoms with E-state index < -0.39 is 0 Å². The number of hydrogen-bond acceptors (Lipinski definition) is 24. The maximum atomic E-state index is 6.45. The zero-order valence-electron chi connectivity index (χ0n) is 72.0. The first-order valence-corrected chi connectivity index (χ1v) is 45.8. The third-order valence-electron chi connectivity index (χ3n) is 20.4. The number of nitrogens with zero attached hydrogens (tertiary/aromatic N) is 14. The van der Waals surface area contributed by atoms with Gasteiger partial charge in [0.2, 0.25) is 78.2 Å². The summed E-state index contributed by atoms with van der Waals surface area (Å²) in [5.74, 6) is 6.63. The summed E-state index contributed by atoms with van der Waals surface area (Å²) in [5.41, 5.74) is 1.45. The topological polar surface area (TPSA) is 276 Å². The van der Waals surface area contributed by atoms with Crippen LogP contribution in [0.1, 0.15) is 364 Å². The van der Waals surface area contributed by atoms with E-state index in [2.05, 4.69) is 97.9 Å². The molecule has 2 aromatic carbocycles. The van der Waals surface area contributed by atoms with Crippen molar-refractivity contribution in [3.8, 4) is 11.5 Å². The fourth-order valence-electron chi connectivity index (χ4n) is 13.5. The minimum absolute atomic E-state index is 0.0704. The third-order valence-corrected chi connectivity index (χ3v) is 20.4. The molecule has 6 aromatic rings. The van der Waals surface area contributed by atoms with Crippen LogP contribution in [0.2, 0.25) is 0 Å². The molecule has 0 unspecified atom stereocenters. The Morgan fingerprint density at radius 2 is 0.345 bits per heavy atom. The van der Waals surface area contributed by atoms with Crippen LogP contribution in [0.5, 0.6) is 11.5 Å². The van der Waals surface area contributed by atoms with Gasteiger partial charge in [-0.1, -0.05) is 312 Å². The van der Waals surface area contributed by atoms with Gasteiger partial charge in [-0.15, -0.1) is 0 Å². The van der Waals surface area contributed by atoms with Crippen molar-refractivity contribution in [2.75, 3.05) is 111 Å². The van der Waals surface area contributed by atoms with Crippen molar-refractivity contribution in [3.63, 3.8) is 0 Å². The molecule has 113 heavy (non-hydrogen) atoms. The molecule has 6 rings (SSSR count). The van der Waals surface area contributed by atoms with Crippen LogP contribution < -0.4 is 61.8 Å². The number of nitrogens with one attached hydrogen (secondary N) is 8. The maximum Gasteiger partial charge on any atom is 0.243 e. The second-order valence-electron chi connectivity index (χ2n) is 30.8. The molecule has 0 radical (unpaired) electrons. The molecule has 0 amide bonds. The summed E-state index contributed by atoms with van der Waals surface area (Å²) in [4.78, 5) is 65.2. The summed E-state index contributed by atoms with van der Waals surface area (Å²) in [6.45, 7) is 23.9. The summed E-state index contributed by atoms with van der Waals surface area (Å²) in [5, 5.41) is 28.7. The number of hydrogen-bond donors (Lipinski definition) is 8. The van der Waals surface area contributed by atoms with Crippen LogP contribution >= 0.6 is 0 Å². The molecule has 24 nitrogen and oxygen atoms in total. The lowest BCUT2D eigenvalue weighted by atomic mass is 10.1. The van der Waals surface area contributed by atoms with Gasteiger partial charge >= 0.3 is 0 Å². The highest BCUT2D eigenvalue weighted by atomic mass is 16.7. The van der Waals surface area contributed by atoms with E-state index in [1.165, 1.54) is 205 Å². The quantitative estimate of drug-likeness (QED) is 0.0130. The van der Waals surface area contributed by atoms with E-state index in [0.29, 0.717) is 82.9 Å². The molecular weight excluding hydrogens is 1410 g/mol. The van der Waals surface area contributed by atoms with Crippen molar-refractivity contribution in [2.24, 2.45) is 0 Å². The summed E-state index contributed by atoms with van der Waals surface area (Å²) in [6.07, 6.45) is 56.7. The van der Waals surface area contributed by atoms with Crippen molar-refractivity contribution in [1.29, 1.82) is 0 Å². The van der Waals surface area contributed by atoms with Crippen molar-refractivity contribution in [3.05, 3.63) is 48.5 Å². The minimum atomic E-state index is -0.0704. The molecule has 0 aliphatic carbocycles. The first-order chi connectivity index (χ1) is 55.8. The fraction of sp³-hybridized carbons (Fsp3) is 0.730. The average molecular weight is 1560 g/mol. The second-order valence-corrected chi connectivity index (χ2v) is 30.8. The molecule has 0 aliphatic rings. The predicted molar refractivity (Wildman–Crippen MR) is 477 cm³/mol. The van der Waals surface area contributed by atoms with Crippen molar-refractivity contribution >= 4 is 82.8 Å². The standard InChI is InChI=1S/C89H154N22O2/c1-9-17-25-33-41-49-65-90-78-98-79(91-66-50-42-34-26-18-10-2)103-86(102-78)110(87-104-80(92-67-51-43-35-27-19-11-3)99-81(105-87)93-68-52-44-36-28-20-12-4)74-57-61-76(62-58-74)112-73-113-77-63-59-75(60-64-77)111(88-106-82(94-69-53-45-37-29-21-13-5)100-83(107-88)95-70-54-46-38-30-22-14-6)89-108-84(96-71-55-47-39-31-23-15-7)101-85(109-89)97-72-56-48-40-32-24-16-8/h57-64H,9-56,65-73H2,1-8H3,(H2,90,91,98,102,103)(H2,92,93,99,104,105)(H2,94,95,100,106,107)(H2,96,97,101,108,109). The zero-order valence-corrected chi connectivity index (χ0v) is 72.0. The monoisotopic (exact) mass is 1560 g/mol. The van der Waals surface area contributed by atoms with E-state index in [1.807, 2.05) is 58.3 Å². The molecule has 24 heteroatoms. The molecule has 0 fully saturated rings. The second kappa shape index (κ2) is 62.4. The Hall–Kier alpha value is -7.92. The van der Waals surface area contributed by atoms with Crippen LogP contribution in [0.15, 0.2) is 48.5 Å². The van der Waals surface area contributed by atoms with E-state index in [0.717, 1.165) is 166 Å². The van der Waals surface area contributed by atoms with Crippen LogP contribution in [0.3, 0.4) is 0 Å². The first-order valence-electron chi connectivity index (χ1n) is 45.8. The number of rotatable bonds is 74. The molecule has 4 heterocycles. The number of anilines is 14. The maximum absolute atomic E-state index is 6.45. The Kier molecular flexibility index (Phi) is 51.9. The molecule has 8 N–H and O–H groups in total. The fourth-order valence-corrected chi connectivity index (χ4v) is 13.5. The van der Waals surface area contributed by atoms with Gasteiger partial charge in [-0.2, -0.15) is 59.8 Å². The highest BCUT2D eigenvalue weighted by Crippen LogP contribution is 2.36. The summed E-state index contributed by atoms with van der Waals surface area (Å²) in [6, 6.07) is 15.7. The van der Waals surface area contributed by atoms with Crippen molar-refractivity contribution < 1.29 is 9.47 Å². The van der Waals surface area contributed by atoms with E-state index in [1.54, 1.807) is 0 Å². The lowest BCUT2D eigenvalue weighted by Crippen LogP contribution is -2.21. The lowest BCUT2D eigenvalue weighted by Gasteiger charge is -2.23. The Labute approximate surface area is 683 Å². The Morgan fingerprint density at radius 3 is 0.504 bits per heavy atom. The highest BCUT2D eigenvalue weighted by molar-refractivity contribution is 5.72. The summed E-state index contributed by atoms with van der Waals surface area (Å²) in [7, 11) is 0. The Balaban J connectivity index is 1.35. The van der Waals surface area contributed by atoms with Crippen LogP contribution in [0.25, 0.3) is 0 Å². The largest absolute Gasteiger partial charge is 0.458 e. The summed E-state index contributed by atoms with van der Waals surface area (Å²) < 4.78 is 12.9. The van der Waals surface area contributed by atoms with Gasteiger partial charge in [0.25, 0.3) is 0 Å². The highest BCUT2D eigenvalue weighted by Gasteiger charge is 2.26. The summed E-state index contributed by atoms with van der Waals surface area (Å²) >= 11 is 0. The predicted octanol–water partition coefficient (Wildman–Crippen LogP) is 25.0. The van der Waals surface area contributed by atoms with E-state index >= 15 is 0 Å². The molecule has 0 bridgehead atoms. The van der Waals surface area contributed by atoms with E-state index in [-0.39, 0.29) is 6.79 Å². The normalized spacial score (nSPS) is 11.3. The Bertz CT molecular complexity index is 2770. The molecule has 0 saturated heterocycles. The molecule has 0 atom stereocenters. The molecule has 0 saturated carbocycles.